The number of nitrogens with one attached hydrogen (secondary N) is 1. The van der Waals surface area contributed by atoms with Crippen molar-refractivity contribution in [2.75, 3.05) is 13.2 Å². The van der Waals surface area contributed by atoms with Gasteiger partial charge in [0.1, 0.15) is 5.84 Å². The van der Waals surface area contributed by atoms with Gasteiger partial charge in [-0.2, -0.15) is 0 Å². The van der Waals surface area contributed by atoms with Crippen LogP contribution in [0.1, 0.15) is 25.8 Å². The van der Waals surface area contributed by atoms with Crippen molar-refractivity contribution in [3.63, 3.8) is 0 Å². The summed E-state index contributed by atoms with van der Waals surface area (Å²) in [6, 6.07) is 10.0. The highest BCUT2D eigenvalue weighted by molar-refractivity contribution is 5.80. The van der Waals surface area contributed by atoms with Crippen LogP contribution in [-0.4, -0.2) is 24.9 Å². The second-order valence-corrected chi connectivity index (χ2v) is 5.04. The second-order valence-electron chi connectivity index (χ2n) is 5.04. The molecule has 1 rings (SSSR count). The summed E-state index contributed by atoms with van der Waals surface area (Å²) >= 11 is 0. The molecule has 20 heavy (non-hydrogen) atoms. The molecule has 3 N–H and O–H groups in total. The van der Waals surface area contributed by atoms with E-state index in [1.54, 1.807) is 0 Å². The molecule has 0 aliphatic heterocycles. The van der Waals surface area contributed by atoms with E-state index in [1.807, 2.05) is 44.2 Å². The molecule has 0 saturated carbocycles. The molecule has 110 valence electrons. The quantitative estimate of drug-likeness (QED) is 0.431. The molecule has 0 aromatic heterocycles. The fourth-order valence-electron chi connectivity index (χ4n) is 1.51. The number of amidine groups is 1. The Hall–Kier alpha value is -2.04. The number of nitrogens with zero attached hydrogens (tertiary/aromatic N) is 1. The van der Waals surface area contributed by atoms with Crippen LogP contribution in [0, 0.1) is 5.92 Å². The summed E-state index contributed by atoms with van der Waals surface area (Å²) in [7, 11) is 0. The van der Waals surface area contributed by atoms with Crippen molar-refractivity contribution in [1.82, 2.24) is 5.32 Å². The Kier molecular flexibility index (Phi) is 7.17. The third-order valence-electron chi connectivity index (χ3n) is 2.60. The highest BCUT2D eigenvalue weighted by Gasteiger charge is 2.02. The number of amides is 1. The van der Waals surface area contributed by atoms with Gasteiger partial charge in [-0.25, -0.2) is 0 Å². The minimum absolute atomic E-state index is 0.0985. The third-order valence-corrected chi connectivity index (χ3v) is 2.60. The van der Waals surface area contributed by atoms with Gasteiger partial charge in [0.05, 0.1) is 0 Å². The van der Waals surface area contributed by atoms with Crippen molar-refractivity contribution in [1.29, 1.82) is 0 Å². The lowest BCUT2D eigenvalue weighted by Gasteiger charge is -2.06. The van der Waals surface area contributed by atoms with Gasteiger partial charge in [0.2, 0.25) is 0 Å². The first kappa shape index (κ1) is 16.0. The van der Waals surface area contributed by atoms with Crippen LogP contribution in [0.3, 0.4) is 0 Å². The molecule has 5 heteroatoms. The summed E-state index contributed by atoms with van der Waals surface area (Å²) in [5.74, 6) is 0.627. The van der Waals surface area contributed by atoms with Crippen LogP contribution in [0.25, 0.3) is 0 Å². The van der Waals surface area contributed by atoms with E-state index in [0.29, 0.717) is 24.7 Å². The smallest absolute Gasteiger partial charge is 0.260 e. The van der Waals surface area contributed by atoms with Crippen LogP contribution < -0.4 is 11.1 Å². The molecule has 0 aliphatic rings. The van der Waals surface area contributed by atoms with Gasteiger partial charge in [0.15, 0.2) is 6.61 Å². The fraction of sp³-hybridized carbons (Fsp3) is 0.467. The minimum Gasteiger partial charge on any atom is -0.384 e. The zero-order valence-corrected chi connectivity index (χ0v) is 12.1. The van der Waals surface area contributed by atoms with Crippen LogP contribution in [0.2, 0.25) is 0 Å². The Balaban J connectivity index is 2.20. The van der Waals surface area contributed by atoms with Crippen molar-refractivity contribution >= 4 is 11.7 Å². The molecule has 0 spiro atoms. The van der Waals surface area contributed by atoms with E-state index in [0.717, 1.165) is 6.42 Å². The highest BCUT2D eigenvalue weighted by Crippen LogP contribution is 2.02. The molecule has 1 aromatic rings. The normalized spacial score (nSPS) is 11.4. The fourth-order valence-corrected chi connectivity index (χ4v) is 1.51. The summed E-state index contributed by atoms with van der Waals surface area (Å²) in [6.07, 6.45) is 1.41. The maximum atomic E-state index is 11.4. The van der Waals surface area contributed by atoms with E-state index < -0.39 is 0 Å². The van der Waals surface area contributed by atoms with Crippen molar-refractivity contribution < 1.29 is 9.63 Å². The molecule has 0 radical (unpaired) electrons. The van der Waals surface area contributed by atoms with Gasteiger partial charge in [-0.1, -0.05) is 49.3 Å². The lowest BCUT2D eigenvalue weighted by molar-refractivity contribution is -0.125. The standard InChI is InChI=1S/C15H23N3O2/c1-12(2)10-17-15(19)11-20-18-14(16)9-8-13-6-4-3-5-7-13/h3-7,12H,8-11H2,1-2H3,(H2,16,18)(H,17,19). The van der Waals surface area contributed by atoms with Gasteiger partial charge in [-0.15, -0.1) is 0 Å². The molecular weight excluding hydrogens is 254 g/mol. The highest BCUT2D eigenvalue weighted by atomic mass is 16.6. The van der Waals surface area contributed by atoms with Gasteiger partial charge >= 0.3 is 0 Å². The Bertz CT molecular complexity index is 430. The molecule has 5 nitrogen and oxygen atoms in total. The summed E-state index contributed by atoms with van der Waals surface area (Å²) in [4.78, 5) is 16.3. The molecule has 0 atom stereocenters. The molecule has 1 aromatic carbocycles. The number of oxime groups is 1. The van der Waals surface area contributed by atoms with Gasteiger partial charge < -0.3 is 15.9 Å². The van der Waals surface area contributed by atoms with Crippen LogP contribution >= 0.6 is 0 Å². The zero-order valence-electron chi connectivity index (χ0n) is 12.1. The topological polar surface area (TPSA) is 76.7 Å². The van der Waals surface area contributed by atoms with Crippen LogP contribution in [-0.2, 0) is 16.1 Å². The van der Waals surface area contributed by atoms with Crippen LogP contribution in [0.5, 0.6) is 0 Å². The van der Waals surface area contributed by atoms with Crippen LogP contribution in [0.4, 0.5) is 0 Å². The molecular formula is C15H23N3O2. The maximum absolute atomic E-state index is 11.4. The van der Waals surface area contributed by atoms with E-state index in [-0.39, 0.29) is 12.5 Å². The largest absolute Gasteiger partial charge is 0.384 e. The monoisotopic (exact) mass is 277 g/mol. The van der Waals surface area contributed by atoms with Crippen molar-refractivity contribution in [3.8, 4) is 0 Å². The number of carbonyl (C=O) groups excluding carboxylic acids is 1. The van der Waals surface area contributed by atoms with E-state index in [9.17, 15) is 4.79 Å². The summed E-state index contributed by atoms with van der Waals surface area (Å²) < 4.78 is 0. The first-order valence-corrected chi connectivity index (χ1v) is 6.83. The Morgan fingerprint density at radius 3 is 2.70 bits per heavy atom. The summed E-state index contributed by atoms with van der Waals surface area (Å²) in [5.41, 5.74) is 6.92. The molecule has 0 saturated heterocycles. The molecule has 0 aliphatic carbocycles. The minimum atomic E-state index is -0.182. The predicted octanol–water partition coefficient (Wildman–Crippen LogP) is 1.68. The number of nitrogens with two attached hydrogens (primary N) is 1. The average Bonchev–Trinajstić information content (AvgIpc) is 2.44. The Morgan fingerprint density at radius 2 is 2.05 bits per heavy atom. The average molecular weight is 277 g/mol. The lowest BCUT2D eigenvalue weighted by Crippen LogP contribution is -2.30. The number of carbonyl (C=O) groups is 1. The van der Waals surface area contributed by atoms with Gasteiger partial charge in [-0.3, -0.25) is 4.79 Å². The van der Waals surface area contributed by atoms with Crippen molar-refractivity contribution in [2.24, 2.45) is 16.8 Å². The summed E-state index contributed by atoms with van der Waals surface area (Å²) in [5, 5.41) is 6.48. The van der Waals surface area contributed by atoms with Crippen molar-refractivity contribution in [3.05, 3.63) is 35.9 Å². The van der Waals surface area contributed by atoms with Crippen molar-refractivity contribution in [2.45, 2.75) is 26.7 Å². The maximum Gasteiger partial charge on any atom is 0.260 e. The number of hydrogen-bond donors (Lipinski definition) is 2. The van der Waals surface area contributed by atoms with E-state index in [1.165, 1.54) is 5.56 Å². The first-order valence-electron chi connectivity index (χ1n) is 6.83. The zero-order chi connectivity index (χ0) is 14.8. The van der Waals surface area contributed by atoms with Gasteiger partial charge in [0, 0.05) is 13.0 Å². The SMILES string of the molecule is CC(C)CNC(=O)CO/N=C(\N)CCc1ccccc1. The van der Waals surface area contributed by atoms with Gasteiger partial charge in [0.25, 0.3) is 5.91 Å². The molecule has 0 heterocycles. The van der Waals surface area contributed by atoms with E-state index in [4.69, 9.17) is 10.6 Å². The number of aryl methyl sites for hydroxylation is 1. The van der Waals surface area contributed by atoms with Gasteiger partial charge in [-0.05, 0) is 17.9 Å². The van der Waals surface area contributed by atoms with E-state index >= 15 is 0 Å². The third kappa shape index (κ3) is 7.41. The lowest BCUT2D eigenvalue weighted by atomic mass is 10.1. The molecule has 0 bridgehead atoms. The number of hydrogen-bond acceptors (Lipinski definition) is 3. The first-order chi connectivity index (χ1) is 9.58. The molecule has 1 amide bonds. The number of benzene rings is 1. The second kappa shape index (κ2) is 8.96. The van der Waals surface area contributed by atoms with E-state index in [2.05, 4.69) is 10.5 Å². The molecule has 0 fully saturated rings. The summed E-state index contributed by atoms with van der Waals surface area (Å²) in [6.45, 7) is 4.59. The number of rotatable bonds is 8. The van der Waals surface area contributed by atoms with Crippen LogP contribution in [0.15, 0.2) is 35.5 Å². The predicted molar refractivity (Wildman–Crippen MR) is 80.2 cm³/mol. The Labute approximate surface area is 120 Å². The molecule has 0 unspecified atom stereocenters. The Morgan fingerprint density at radius 1 is 1.35 bits per heavy atom.